The van der Waals surface area contributed by atoms with Gasteiger partial charge in [-0.3, -0.25) is 4.90 Å². The summed E-state index contributed by atoms with van der Waals surface area (Å²) in [5, 5.41) is 3.95. The van der Waals surface area contributed by atoms with Crippen LogP contribution in [0.3, 0.4) is 0 Å². The molecule has 1 atom stereocenters. The molecule has 5 nitrogen and oxygen atoms in total. The van der Waals surface area contributed by atoms with Gasteiger partial charge in [0.05, 0.1) is 31.5 Å². The topological polar surface area (TPSA) is 50.8 Å². The molecule has 4 rings (SSSR count). The molecule has 1 unspecified atom stereocenters. The Bertz CT molecular complexity index is 867. The predicted octanol–water partition coefficient (Wildman–Crippen LogP) is 4.72. The maximum Gasteiger partial charge on any atom is 0.322 e. The van der Waals surface area contributed by atoms with Crippen molar-refractivity contribution in [1.82, 2.24) is 5.32 Å². The number of anilines is 1. The molecule has 0 saturated heterocycles. The minimum Gasteiger partial charge on any atom is -0.497 e. The Morgan fingerprint density at radius 2 is 1.96 bits per heavy atom. The molecule has 28 heavy (non-hydrogen) atoms. The fourth-order valence-electron chi connectivity index (χ4n) is 4.00. The van der Waals surface area contributed by atoms with Crippen molar-refractivity contribution in [3.63, 3.8) is 0 Å². The molecule has 0 radical (unpaired) electrons. The summed E-state index contributed by atoms with van der Waals surface area (Å²) in [6, 6.07) is 13.4. The van der Waals surface area contributed by atoms with E-state index in [1.165, 1.54) is 0 Å². The van der Waals surface area contributed by atoms with Gasteiger partial charge in [0, 0.05) is 17.2 Å². The number of amides is 2. The van der Waals surface area contributed by atoms with Crippen LogP contribution in [0.15, 0.2) is 42.5 Å². The van der Waals surface area contributed by atoms with Crippen molar-refractivity contribution in [2.24, 2.45) is 5.92 Å². The first-order valence-corrected chi connectivity index (χ1v) is 10.1. The van der Waals surface area contributed by atoms with E-state index < -0.39 is 5.54 Å². The third-order valence-corrected chi connectivity index (χ3v) is 5.85. The van der Waals surface area contributed by atoms with Crippen LogP contribution in [-0.2, 0) is 16.8 Å². The quantitative estimate of drug-likeness (QED) is 0.731. The molecule has 2 aromatic rings. The van der Waals surface area contributed by atoms with Crippen molar-refractivity contribution < 1.29 is 14.3 Å². The maximum absolute atomic E-state index is 13.2. The van der Waals surface area contributed by atoms with Gasteiger partial charge in [0.15, 0.2) is 0 Å². The lowest BCUT2D eigenvalue weighted by Gasteiger charge is -2.44. The molecule has 6 heteroatoms. The molecule has 1 aliphatic carbocycles. The van der Waals surface area contributed by atoms with Gasteiger partial charge in [-0.2, -0.15) is 0 Å². The van der Waals surface area contributed by atoms with E-state index in [2.05, 4.69) is 5.32 Å². The van der Waals surface area contributed by atoms with E-state index in [0.29, 0.717) is 30.7 Å². The SMILES string of the molecule is CCOCC1(C2CC2)NC(=O)N(Cc2ccc(OC)cc2)c2ccc(Cl)cc21. The van der Waals surface area contributed by atoms with Gasteiger partial charge >= 0.3 is 6.03 Å². The lowest BCUT2D eigenvalue weighted by molar-refractivity contribution is 0.0665. The molecule has 1 fully saturated rings. The standard InChI is InChI=1S/C22H25ClN2O3/c1-3-28-14-22(16-6-7-16)19-12-17(23)8-11-20(19)25(21(26)24-22)13-15-4-9-18(27-2)10-5-15/h4-5,8-12,16H,3,6-7,13-14H2,1-2H3,(H,24,26). The first-order valence-electron chi connectivity index (χ1n) is 9.68. The number of benzene rings is 2. The summed E-state index contributed by atoms with van der Waals surface area (Å²) in [4.78, 5) is 15.0. The van der Waals surface area contributed by atoms with Crippen molar-refractivity contribution in [2.45, 2.75) is 31.8 Å². The first-order chi connectivity index (χ1) is 13.6. The molecule has 1 heterocycles. The third-order valence-electron chi connectivity index (χ3n) is 5.61. The predicted molar refractivity (Wildman–Crippen MR) is 110 cm³/mol. The van der Waals surface area contributed by atoms with Gasteiger partial charge in [-0.15, -0.1) is 0 Å². The monoisotopic (exact) mass is 400 g/mol. The van der Waals surface area contributed by atoms with E-state index in [-0.39, 0.29) is 6.03 Å². The summed E-state index contributed by atoms with van der Waals surface area (Å²) in [6.07, 6.45) is 2.16. The number of hydrogen-bond donors (Lipinski definition) is 1. The molecule has 148 valence electrons. The van der Waals surface area contributed by atoms with Crippen molar-refractivity contribution in [1.29, 1.82) is 0 Å². The lowest BCUT2D eigenvalue weighted by Crippen LogP contribution is -2.59. The highest BCUT2D eigenvalue weighted by Gasteiger charge is 2.52. The largest absolute Gasteiger partial charge is 0.497 e. The van der Waals surface area contributed by atoms with E-state index in [1.54, 1.807) is 12.0 Å². The van der Waals surface area contributed by atoms with E-state index in [1.807, 2.05) is 49.4 Å². The average molecular weight is 401 g/mol. The number of halogens is 1. The number of carbonyl (C=O) groups is 1. The number of ether oxygens (including phenoxy) is 2. The zero-order valence-corrected chi connectivity index (χ0v) is 17.0. The van der Waals surface area contributed by atoms with Crippen LogP contribution in [-0.4, -0.2) is 26.4 Å². The zero-order valence-electron chi connectivity index (χ0n) is 16.2. The van der Waals surface area contributed by atoms with Crippen molar-refractivity contribution in [3.05, 3.63) is 58.6 Å². The van der Waals surface area contributed by atoms with E-state index in [0.717, 1.165) is 35.4 Å². The smallest absolute Gasteiger partial charge is 0.322 e. The minimum absolute atomic E-state index is 0.0998. The number of urea groups is 1. The number of fused-ring (bicyclic) bond motifs is 1. The van der Waals surface area contributed by atoms with Crippen LogP contribution in [0.5, 0.6) is 5.75 Å². The fourth-order valence-corrected chi connectivity index (χ4v) is 4.17. The summed E-state index contributed by atoms with van der Waals surface area (Å²) < 4.78 is 11.0. The number of nitrogens with one attached hydrogen (secondary N) is 1. The zero-order chi connectivity index (χ0) is 19.7. The molecule has 1 saturated carbocycles. The molecule has 2 aliphatic rings. The Morgan fingerprint density at radius 1 is 1.21 bits per heavy atom. The molecule has 0 aromatic heterocycles. The number of carbonyl (C=O) groups excluding carboxylic acids is 1. The fraction of sp³-hybridized carbons (Fsp3) is 0.409. The Morgan fingerprint density at radius 3 is 2.61 bits per heavy atom. The third kappa shape index (κ3) is 3.45. The van der Waals surface area contributed by atoms with Crippen LogP contribution in [0.4, 0.5) is 10.5 Å². The normalized spacial score (nSPS) is 21.2. The summed E-state index contributed by atoms with van der Waals surface area (Å²) in [6.45, 7) is 3.51. The first kappa shape index (κ1) is 19.1. The van der Waals surface area contributed by atoms with E-state index in [9.17, 15) is 4.79 Å². The van der Waals surface area contributed by atoms with E-state index in [4.69, 9.17) is 21.1 Å². The number of rotatable bonds is 7. The summed E-state index contributed by atoms with van der Waals surface area (Å²) >= 11 is 6.35. The Labute approximate surface area is 170 Å². The van der Waals surface area contributed by atoms with Crippen LogP contribution >= 0.6 is 11.6 Å². The molecule has 1 aliphatic heterocycles. The van der Waals surface area contributed by atoms with E-state index >= 15 is 0 Å². The van der Waals surface area contributed by atoms with Crippen LogP contribution in [0.25, 0.3) is 0 Å². The number of methoxy groups -OCH3 is 1. The lowest BCUT2D eigenvalue weighted by atomic mass is 9.82. The van der Waals surface area contributed by atoms with Gasteiger partial charge in [0.2, 0.25) is 0 Å². The van der Waals surface area contributed by atoms with Gasteiger partial charge in [0.25, 0.3) is 0 Å². The molecule has 0 spiro atoms. The second-order valence-corrected chi connectivity index (χ2v) is 7.85. The highest BCUT2D eigenvalue weighted by atomic mass is 35.5. The molecule has 2 aromatic carbocycles. The van der Waals surface area contributed by atoms with Crippen LogP contribution in [0, 0.1) is 5.92 Å². The van der Waals surface area contributed by atoms with Crippen LogP contribution in [0.2, 0.25) is 5.02 Å². The highest BCUT2D eigenvalue weighted by molar-refractivity contribution is 6.30. The van der Waals surface area contributed by atoms with Crippen molar-refractivity contribution in [3.8, 4) is 5.75 Å². The molecular formula is C22H25ClN2O3. The second kappa shape index (κ2) is 7.64. The minimum atomic E-state index is -0.510. The number of nitrogens with zero attached hydrogens (tertiary/aromatic N) is 1. The van der Waals surface area contributed by atoms with Gasteiger partial charge in [0.1, 0.15) is 5.75 Å². The number of hydrogen-bond acceptors (Lipinski definition) is 3. The van der Waals surface area contributed by atoms with Crippen LogP contribution in [0.1, 0.15) is 30.9 Å². The average Bonchev–Trinajstić information content (AvgIpc) is 3.55. The Hall–Kier alpha value is -2.24. The maximum atomic E-state index is 13.2. The molecule has 0 bridgehead atoms. The summed E-state index contributed by atoms with van der Waals surface area (Å²) in [5.41, 5.74) is 2.46. The van der Waals surface area contributed by atoms with Gasteiger partial charge in [-0.05, 0) is 61.6 Å². The van der Waals surface area contributed by atoms with Crippen molar-refractivity contribution >= 4 is 23.3 Å². The molecule has 1 N–H and O–H groups in total. The highest BCUT2D eigenvalue weighted by Crippen LogP contribution is 2.51. The second-order valence-electron chi connectivity index (χ2n) is 7.41. The summed E-state index contributed by atoms with van der Waals surface area (Å²) in [5.74, 6) is 1.17. The Balaban J connectivity index is 1.72. The van der Waals surface area contributed by atoms with Gasteiger partial charge < -0.3 is 14.8 Å². The van der Waals surface area contributed by atoms with Crippen LogP contribution < -0.4 is 15.0 Å². The Kier molecular flexibility index (Phi) is 5.21. The van der Waals surface area contributed by atoms with Gasteiger partial charge in [-0.25, -0.2) is 4.79 Å². The molecule has 2 amide bonds. The molecular weight excluding hydrogens is 376 g/mol. The van der Waals surface area contributed by atoms with Crippen molar-refractivity contribution in [2.75, 3.05) is 25.2 Å². The van der Waals surface area contributed by atoms with Gasteiger partial charge in [-0.1, -0.05) is 23.7 Å². The summed E-state index contributed by atoms with van der Waals surface area (Å²) in [7, 11) is 1.64.